The zero-order chi connectivity index (χ0) is 15.0. The number of aromatic carboxylic acids is 1. The molecule has 0 saturated heterocycles. The summed E-state index contributed by atoms with van der Waals surface area (Å²) in [7, 11) is 0. The first-order valence-electron chi connectivity index (χ1n) is 6.03. The Hall–Kier alpha value is -1.56. The van der Waals surface area contributed by atoms with Crippen molar-refractivity contribution in [1.29, 1.82) is 0 Å². The molecule has 1 aromatic heterocycles. The highest BCUT2D eigenvalue weighted by molar-refractivity contribution is 9.10. The summed E-state index contributed by atoms with van der Waals surface area (Å²) in [4.78, 5) is 11.8. The Morgan fingerprint density at radius 2 is 1.95 bits per heavy atom. The molecule has 3 rings (SSSR count). The van der Waals surface area contributed by atoms with Crippen molar-refractivity contribution in [3.8, 4) is 0 Å². The van der Waals surface area contributed by atoms with Gasteiger partial charge in [0.2, 0.25) is 0 Å². The van der Waals surface area contributed by atoms with Gasteiger partial charge < -0.3 is 10.4 Å². The van der Waals surface area contributed by atoms with Crippen LogP contribution in [0.25, 0.3) is 10.1 Å². The molecule has 6 heteroatoms. The lowest BCUT2D eigenvalue weighted by atomic mass is 10.2. The fraction of sp³-hybridized carbons (Fsp3) is 0. The average molecular weight is 383 g/mol. The topological polar surface area (TPSA) is 49.3 Å². The zero-order valence-electron chi connectivity index (χ0n) is 10.6. The molecule has 106 valence electrons. The molecular weight excluding hydrogens is 374 g/mol. The minimum absolute atomic E-state index is 0.261. The maximum Gasteiger partial charge on any atom is 0.348 e. The fourth-order valence-corrected chi connectivity index (χ4v) is 4.10. The number of anilines is 2. The third kappa shape index (κ3) is 2.77. The molecule has 2 aromatic carbocycles. The lowest BCUT2D eigenvalue weighted by Gasteiger charge is -2.07. The summed E-state index contributed by atoms with van der Waals surface area (Å²) < 4.78 is 1.65. The third-order valence-corrected chi connectivity index (χ3v) is 5.28. The largest absolute Gasteiger partial charge is 0.477 e. The van der Waals surface area contributed by atoms with Crippen molar-refractivity contribution < 1.29 is 9.90 Å². The van der Waals surface area contributed by atoms with Crippen LogP contribution in [0.5, 0.6) is 0 Å². The molecular formula is C15H9BrClNO2S. The standard InChI is InChI=1S/C15H9BrClNO2S/c16-11-7-8(17)6-10-12(14(15(19)20)21-13(10)11)18-9-4-2-1-3-5-9/h1-7,18H,(H,19,20). The zero-order valence-corrected chi connectivity index (χ0v) is 13.7. The number of carbonyl (C=O) groups is 1. The molecule has 1 heterocycles. The van der Waals surface area contributed by atoms with Gasteiger partial charge in [-0.3, -0.25) is 0 Å². The maximum absolute atomic E-state index is 11.5. The molecule has 0 fully saturated rings. The van der Waals surface area contributed by atoms with Crippen LogP contribution in [-0.4, -0.2) is 11.1 Å². The number of carboxylic acids is 1. The van der Waals surface area contributed by atoms with Gasteiger partial charge in [0, 0.05) is 20.6 Å². The average Bonchev–Trinajstić information content (AvgIpc) is 2.79. The molecule has 0 aliphatic heterocycles. The van der Waals surface area contributed by atoms with E-state index in [-0.39, 0.29) is 4.88 Å². The molecule has 0 unspecified atom stereocenters. The highest BCUT2D eigenvalue weighted by Crippen LogP contribution is 2.42. The predicted molar refractivity (Wildman–Crippen MR) is 91.2 cm³/mol. The quantitative estimate of drug-likeness (QED) is 0.605. The van der Waals surface area contributed by atoms with Crippen LogP contribution in [0.2, 0.25) is 5.02 Å². The number of rotatable bonds is 3. The van der Waals surface area contributed by atoms with Crippen LogP contribution in [0.15, 0.2) is 46.9 Å². The summed E-state index contributed by atoms with van der Waals surface area (Å²) in [6.07, 6.45) is 0. The van der Waals surface area contributed by atoms with Crippen LogP contribution >= 0.6 is 38.9 Å². The highest BCUT2D eigenvalue weighted by atomic mass is 79.9. The van der Waals surface area contributed by atoms with Crippen LogP contribution in [0, 0.1) is 0 Å². The lowest BCUT2D eigenvalue weighted by molar-refractivity contribution is 0.0703. The lowest BCUT2D eigenvalue weighted by Crippen LogP contribution is -1.98. The summed E-state index contributed by atoms with van der Waals surface area (Å²) in [5, 5.41) is 14.0. The molecule has 0 atom stereocenters. The Kier molecular flexibility index (Phi) is 3.89. The number of hydrogen-bond donors (Lipinski definition) is 2. The van der Waals surface area contributed by atoms with Crippen LogP contribution in [0.4, 0.5) is 11.4 Å². The smallest absolute Gasteiger partial charge is 0.348 e. The van der Waals surface area contributed by atoms with Gasteiger partial charge in [0.05, 0.1) is 10.4 Å². The normalized spacial score (nSPS) is 10.8. The molecule has 0 amide bonds. The Bertz CT molecular complexity index is 833. The molecule has 0 bridgehead atoms. The van der Waals surface area contributed by atoms with Crippen LogP contribution in [0.1, 0.15) is 9.67 Å². The second-order valence-electron chi connectivity index (χ2n) is 4.37. The van der Waals surface area contributed by atoms with E-state index in [0.717, 1.165) is 20.2 Å². The van der Waals surface area contributed by atoms with E-state index in [1.807, 2.05) is 30.3 Å². The van der Waals surface area contributed by atoms with Crippen LogP contribution in [0.3, 0.4) is 0 Å². The summed E-state index contributed by atoms with van der Waals surface area (Å²) in [6.45, 7) is 0. The molecule has 3 nitrogen and oxygen atoms in total. The van der Waals surface area contributed by atoms with E-state index < -0.39 is 5.97 Å². The van der Waals surface area contributed by atoms with Crippen molar-refractivity contribution in [2.75, 3.05) is 5.32 Å². The molecule has 3 aromatic rings. The van der Waals surface area contributed by atoms with Gasteiger partial charge in [-0.15, -0.1) is 11.3 Å². The minimum atomic E-state index is -0.961. The molecule has 0 saturated carbocycles. The van der Waals surface area contributed by atoms with E-state index in [0.29, 0.717) is 10.7 Å². The molecule has 2 N–H and O–H groups in total. The van der Waals surface area contributed by atoms with E-state index in [1.54, 1.807) is 12.1 Å². The van der Waals surface area contributed by atoms with Gasteiger partial charge >= 0.3 is 5.97 Å². The first kappa shape index (κ1) is 14.4. The molecule has 21 heavy (non-hydrogen) atoms. The van der Waals surface area contributed by atoms with E-state index in [9.17, 15) is 9.90 Å². The fourth-order valence-electron chi connectivity index (χ4n) is 2.07. The van der Waals surface area contributed by atoms with Gasteiger partial charge in [-0.2, -0.15) is 0 Å². The van der Waals surface area contributed by atoms with Crippen molar-refractivity contribution >= 4 is 66.3 Å². The van der Waals surface area contributed by atoms with Gasteiger partial charge in [-0.25, -0.2) is 4.79 Å². The number of thiophene rings is 1. The van der Waals surface area contributed by atoms with Gasteiger partial charge in [-0.1, -0.05) is 29.8 Å². The number of para-hydroxylation sites is 1. The monoisotopic (exact) mass is 381 g/mol. The van der Waals surface area contributed by atoms with Crippen molar-refractivity contribution in [3.05, 3.63) is 56.8 Å². The number of fused-ring (bicyclic) bond motifs is 1. The third-order valence-electron chi connectivity index (χ3n) is 2.95. The van der Waals surface area contributed by atoms with Crippen molar-refractivity contribution in [2.24, 2.45) is 0 Å². The minimum Gasteiger partial charge on any atom is -0.477 e. The van der Waals surface area contributed by atoms with E-state index in [1.165, 1.54) is 11.3 Å². The van der Waals surface area contributed by atoms with Crippen molar-refractivity contribution in [3.63, 3.8) is 0 Å². The Labute approximate surface area is 138 Å². The SMILES string of the molecule is O=C(O)c1sc2c(Br)cc(Cl)cc2c1Nc1ccccc1. The molecule has 0 aliphatic carbocycles. The molecule has 0 radical (unpaired) electrons. The van der Waals surface area contributed by atoms with E-state index in [2.05, 4.69) is 21.2 Å². The number of nitrogens with one attached hydrogen (secondary N) is 1. The second kappa shape index (κ2) is 5.67. The number of hydrogen-bond acceptors (Lipinski definition) is 3. The molecule has 0 spiro atoms. The number of carboxylic acid groups (broad SMARTS) is 1. The first-order chi connectivity index (χ1) is 10.1. The van der Waals surface area contributed by atoms with E-state index >= 15 is 0 Å². The van der Waals surface area contributed by atoms with E-state index in [4.69, 9.17) is 11.6 Å². The van der Waals surface area contributed by atoms with Gasteiger partial charge in [0.15, 0.2) is 0 Å². The highest BCUT2D eigenvalue weighted by Gasteiger charge is 2.20. The van der Waals surface area contributed by atoms with Crippen molar-refractivity contribution in [2.45, 2.75) is 0 Å². The van der Waals surface area contributed by atoms with Gasteiger partial charge in [0.1, 0.15) is 4.88 Å². The summed E-state index contributed by atoms with van der Waals surface area (Å²) >= 11 is 10.7. The Balaban J connectivity index is 2.23. The predicted octanol–water partition coefficient (Wildman–Crippen LogP) is 5.76. The summed E-state index contributed by atoms with van der Waals surface area (Å²) in [5.41, 5.74) is 1.40. The van der Waals surface area contributed by atoms with Crippen LogP contribution in [-0.2, 0) is 0 Å². The summed E-state index contributed by atoms with van der Waals surface area (Å²) in [6, 6.07) is 13.0. The maximum atomic E-state index is 11.5. The second-order valence-corrected chi connectivity index (χ2v) is 6.68. The van der Waals surface area contributed by atoms with Gasteiger partial charge in [0.25, 0.3) is 0 Å². The van der Waals surface area contributed by atoms with Gasteiger partial charge in [-0.05, 0) is 40.2 Å². The molecule has 0 aliphatic rings. The van der Waals surface area contributed by atoms with Crippen molar-refractivity contribution in [1.82, 2.24) is 0 Å². The van der Waals surface area contributed by atoms with Crippen LogP contribution < -0.4 is 5.32 Å². The Morgan fingerprint density at radius 3 is 2.62 bits per heavy atom. The number of halogens is 2. The summed E-state index contributed by atoms with van der Waals surface area (Å²) in [5.74, 6) is -0.961. The Morgan fingerprint density at radius 1 is 1.24 bits per heavy atom. The first-order valence-corrected chi connectivity index (χ1v) is 8.02. The number of benzene rings is 2.